The van der Waals surface area contributed by atoms with Crippen LogP contribution in [-0.4, -0.2) is 70.9 Å². The molecule has 2 aliphatic heterocycles. The Labute approximate surface area is 172 Å². The SMILES string of the molecule is Cc1nnc(-c2cc(CS)c3nc(N4C=NCC4)nc(N4CCOCC4)c3n2)o1. The molecule has 0 spiro atoms. The van der Waals surface area contributed by atoms with E-state index in [1.807, 2.05) is 11.0 Å². The second kappa shape index (κ2) is 7.56. The van der Waals surface area contributed by atoms with E-state index in [1.54, 1.807) is 13.3 Å². The van der Waals surface area contributed by atoms with Crippen LogP contribution in [0.2, 0.25) is 0 Å². The summed E-state index contributed by atoms with van der Waals surface area (Å²) in [6.07, 6.45) is 1.79. The zero-order valence-corrected chi connectivity index (χ0v) is 16.8. The molecule has 0 amide bonds. The Morgan fingerprint density at radius 1 is 1.07 bits per heavy atom. The van der Waals surface area contributed by atoms with Crippen LogP contribution in [0.1, 0.15) is 11.5 Å². The van der Waals surface area contributed by atoms with Crippen molar-refractivity contribution in [2.75, 3.05) is 49.2 Å². The molecule has 11 heteroatoms. The largest absolute Gasteiger partial charge is 0.420 e. The lowest BCUT2D eigenvalue weighted by Crippen LogP contribution is -2.37. The number of aromatic nitrogens is 5. The summed E-state index contributed by atoms with van der Waals surface area (Å²) >= 11 is 4.53. The molecule has 5 rings (SSSR count). The summed E-state index contributed by atoms with van der Waals surface area (Å²) in [6, 6.07) is 1.90. The number of anilines is 2. The average Bonchev–Trinajstić information content (AvgIpc) is 3.45. The molecule has 2 aliphatic rings. The Balaban J connectivity index is 1.73. The highest BCUT2D eigenvalue weighted by atomic mass is 32.1. The van der Waals surface area contributed by atoms with Gasteiger partial charge in [0.2, 0.25) is 11.8 Å². The Hall–Kier alpha value is -2.79. The Morgan fingerprint density at radius 2 is 1.93 bits per heavy atom. The van der Waals surface area contributed by atoms with E-state index in [0.717, 1.165) is 43.1 Å². The Morgan fingerprint density at radius 3 is 2.62 bits per heavy atom. The summed E-state index contributed by atoms with van der Waals surface area (Å²) in [5.74, 6) is 2.74. The molecule has 3 aromatic rings. The minimum atomic E-state index is 0.371. The minimum absolute atomic E-state index is 0.371. The van der Waals surface area contributed by atoms with Gasteiger partial charge in [-0.25, -0.2) is 9.97 Å². The van der Waals surface area contributed by atoms with Crippen LogP contribution in [0.15, 0.2) is 15.5 Å². The van der Waals surface area contributed by atoms with Crippen molar-refractivity contribution in [3.63, 3.8) is 0 Å². The van der Waals surface area contributed by atoms with Crippen molar-refractivity contribution in [2.24, 2.45) is 4.99 Å². The number of thiol groups is 1. The number of rotatable bonds is 4. The molecule has 10 nitrogen and oxygen atoms in total. The van der Waals surface area contributed by atoms with Gasteiger partial charge >= 0.3 is 0 Å². The zero-order valence-electron chi connectivity index (χ0n) is 15.9. The smallest absolute Gasteiger partial charge is 0.266 e. The number of hydrogen-bond acceptors (Lipinski definition) is 11. The number of ether oxygens (including phenoxy) is 1. The van der Waals surface area contributed by atoms with E-state index in [2.05, 4.69) is 32.7 Å². The van der Waals surface area contributed by atoms with Gasteiger partial charge in [0.15, 0.2) is 5.82 Å². The minimum Gasteiger partial charge on any atom is -0.420 e. The third-order valence-electron chi connectivity index (χ3n) is 4.88. The first kappa shape index (κ1) is 18.3. The average molecular weight is 412 g/mol. The molecule has 0 radical (unpaired) electrons. The van der Waals surface area contributed by atoms with Crippen LogP contribution in [0.5, 0.6) is 0 Å². The number of aliphatic imine (C=N–C) groups is 1. The molecule has 5 heterocycles. The third kappa shape index (κ3) is 3.40. The number of fused-ring (bicyclic) bond motifs is 1. The van der Waals surface area contributed by atoms with Crippen LogP contribution in [0.4, 0.5) is 11.8 Å². The Bertz CT molecular complexity index is 1080. The van der Waals surface area contributed by atoms with E-state index in [1.165, 1.54) is 0 Å². The molecule has 1 fully saturated rings. The van der Waals surface area contributed by atoms with Gasteiger partial charge in [-0.3, -0.25) is 9.89 Å². The monoisotopic (exact) mass is 412 g/mol. The number of aryl methyl sites for hydroxylation is 1. The molecule has 0 bridgehead atoms. The van der Waals surface area contributed by atoms with E-state index in [0.29, 0.717) is 47.9 Å². The molecular weight excluding hydrogens is 392 g/mol. The van der Waals surface area contributed by atoms with Crippen molar-refractivity contribution < 1.29 is 9.15 Å². The highest BCUT2D eigenvalue weighted by Crippen LogP contribution is 2.31. The topological polar surface area (TPSA) is 106 Å². The fraction of sp³-hybridized carbons (Fsp3) is 0.444. The molecule has 0 aliphatic carbocycles. The van der Waals surface area contributed by atoms with Gasteiger partial charge in [0.1, 0.15) is 16.7 Å². The van der Waals surface area contributed by atoms with Crippen LogP contribution in [0, 0.1) is 6.92 Å². The van der Waals surface area contributed by atoms with Gasteiger partial charge in [0, 0.05) is 32.3 Å². The molecule has 150 valence electrons. The third-order valence-corrected chi connectivity index (χ3v) is 5.22. The van der Waals surface area contributed by atoms with Crippen molar-refractivity contribution in [1.29, 1.82) is 0 Å². The zero-order chi connectivity index (χ0) is 19.8. The van der Waals surface area contributed by atoms with E-state index < -0.39 is 0 Å². The van der Waals surface area contributed by atoms with Crippen LogP contribution >= 0.6 is 12.6 Å². The first-order chi connectivity index (χ1) is 14.2. The summed E-state index contributed by atoms with van der Waals surface area (Å²) < 4.78 is 11.1. The van der Waals surface area contributed by atoms with Gasteiger partial charge in [0.25, 0.3) is 5.89 Å². The lowest BCUT2D eigenvalue weighted by atomic mass is 10.1. The maximum atomic E-state index is 5.60. The number of nitrogens with zero attached hydrogens (tertiary/aromatic N) is 8. The molecule has 0 unspecified atom stereocenters. The lowest BCUT2D eigenvalue weighted by molar-refractivity contribution is 0.122. The fourth-order valence-corrected chi connectivity index (χ4v) is 3.67. The first-order valence-corrected chi connectivity index (χ1v) is 10.1. The van der Waals surface area contributed by atoms with E-state index in [9.17, 15) is 0 Å². The van der Waals surface area contributed by atoms with Crippen LogP contribution < -0.4 is 9.80 Å². The molecule has 0 atom stereocenters. The van der Waals surface area contributed by atoms with Crippen molar-refractivity contribution >= 4 is 41.8 Å². The lowest BCUT2D eigenvalue weighted by Gasteiger charge is -2.29. The van der Waals surface area contributed by atoms with Crippen LogP contribution in [0.25, 0.3) is 22.6 Å². The highest BCUT2D eigenvalue weighted by molar-refractivity contribution is 7.79. The molecular formula is C18H20N8O2S. The second-order valence-corrected chi connectivity index (χ2v) is 7.13. The van der Waals surface area contributed by atoms with E-state index in [-0.39, 0.29) is 0 Å². The van der Waals surface area contributed by atoms with Gasteiger partial charge in [-0.05, 0) is 11.6 Å². The van der Waals surface area contributed by atoms with Crippen LogP contribution in [0.3, 0.4) is 0 Å². The molecule has 0 aromatic carbocycles. The van der Waals surface area contributed by atoms with Gasteiger partial charge in [-0.1, -0.05) is 0 Å². The second-order valence-electron chi connectivity index (χ2n) is 6.81. The maximum absolute atomic E-state index is 5.60. The van der Waals surface area contributed by atoms with Crippen molar-refractivity contribution in [1.82, 2.24) is 25.1 Å². The van der Waals surface area contributed by atoms with Crippen molar-refractivity contribution in [3.8, 4) is 11.6 Å². The fourth-order valence-electron chi connectivity index (χ4n) is 3.43. The summed E-state index contributed by atoms with van der Waals surface area (Å²) in [6.45, 7) is 6.02. The number of hydrogen-bond donors (Lipinski definition) is 1. The van der Waals surface area contributed by atoms with E-state index >= 15 is 0 Å². The van der Waals surface area contributed by atoms with Gasteiger partial charge in [-0.2, -0.15) is 17.6 Å². The molecule has 3 aromatic heterocycles. The van der Waals surface area contributed by atoms with Crippen molar-refractivity contribution in [3.05, 3.63) is 17.5 Å². The van der Waals surface area contributed by atoms with Gasteiger partial charge < -0.3 is 14.1 Å². The summed E-state index contributed by atoms with van der Waals surface area (Å²) in [7, 11) is 0. The summed E-state index contributed by atoms with van der Waals surface area (Å²) in [5.41, 5.74) is 2.99. The Kier molecular flexibility index (Phi) is 4.76. The molecule has 1 saturated heterocycles. The molecule has 29 heavy (non-hydrogen) atoms. The number of pyridine rings is 1. The molecule has 0 saturated carbocycles. The van der Waals surface area contributed by atoms with E-state index in [4.69, 9.17) is 24.1 Å². The first-order valence-electron chi connectivity index (χ1n) is 9.45. The van der Waals surface area contributed by atoms with Gasteiger partial charge in [0.05, 0.1) is 26.1 Å². The molecule has 0 N–H and O–H groups in total. The predicted molar refractivity (Wildman–Crippen MR) is 112 cm³/mol. The normalized spacial score (nSPS) is 16.9. The van der Waals surface area contributed by atoms with Gasteiger partial charge in [-0.15, -0.1) is 10.2 Å². The summed E-state index contributed by atoms with van der Waals surface area (Å²) in [4.78, 5) is 22.9. The summed E-state index contributed by atoms with van der Waals surface area (Å²) in [5, 5.41) is 8.04. The highest BCUT2D eigenvalue weighted by Gasteiger charge is 2.24. The van der Waals surface area contributed by atoms with Crippen molar-refractivity contribution in [2.45, 2.75) is 12.7 Å². The maximum Gasteiger partial charge on any atom is 0.266 e. The van der Waals surface area contributed by atoms with Crippen LogP contribution in [-0.2, 0) is 10.5 Å². The quantitative estimate of drug-likeness (QED) is 0.638. The predicted octanol–water partition coefficient (Wildman–Crippen LogP) is 1.50. The standard InChI is InChI=1S/C18H20N8O2S/c1-11-23-24-17(28-11)13-8-12(9-29)14-15(20-13)16(25-4-6-27-7-5-25)22-18(21-14)26-3-2-19-10-26/h8,10,29H,2-7,9H2,1H3. The number of morpholine rings is 1.